The van der Waals surface area contributed by atoms with Crippen LogP contribution in [0.3, 0.4) is 0 Å². The normalized spacial score (nSPS) is 12.6. The van der Waals surface area contributed by atoms with Crippen molar-refractivity contribution in [1.82, 2.24) is 4.57 Å². The average Bonchev–Trinajstić information content (AvgIpc) is 3.26. The smallest absolute Gasteiger partial charge is 0.349 e. The highest BCUT2D eigenvalue weighted by atomic mass is 16.5. The molecule has 1 aromatic heterocycles. The standard InChI is InChI=1S/C32H28N2O4/c1-3-38-31(36)32(37,24-16-8-5-9-17-24)29-22(2)25-18-10-12-20-27(25)34(29)28-21-13-11-19-26(28)33-30(35)23-14-6-4-7-15-23/h4-21,37H,3H2,1-2H3,(H,33,35). The highest BCUT2D eigenvalue weighted by Gasteiger charge is 2.46. The fourth-order valence-electron chi connectivity index (χ4n) is 4.91. The molecule has 6 nitrogen and oxygen atoms in total. The Bertz CT molecular complexity index is 1610. The fraction of sp³-hybridized carbons (Fsp3) is 0.125. The summed E-state index contributed by atoms with van der Waals surface area (Å²) in [7, 11) is 0. The number of carbonyl (C=O) groups excluding carboxylic acids is 2. The number of carbonyl (C=O) groups is 2. The molecule has 5 aromatic rings. The summed E-state index contributed by atoms with van der Waals surface area (Å²) >= 11 is 0. The molecule has 38 heavy (non-hydrogen) atoms. The molecule has 0 radical (unpaired) electrons. The van der Waals surface area contributed by atoms with E-state index < -0.39 is 11.6 Å². The molecule has 1 heterocycles. The number of hydrogen-bond donors (Lipinski definition) is 2. The maximum absolute atomic E-state index is 13.6. The van der Waals surface area contributed by atoms with Gasteiger partial charge >= 0.3 is 5.97 Å². The van der Waals surface area contributed by atoms with Gasteiger partial charge < -0.3 is 19.7 Å². The predicted molar refractivity (Wildman–Crippen MR) is 148 cm³/mol. The minimum Gasteiger partial charge on any atom is -0.463 e. The van der Waals surface area contributed by atoms with E-state index in [-0.39, 0.29) is 12.5 Å². The van der Waals surface area contributed by atoms with Crippen LogP contribution in [0, 0.1) is 6.92 Å². The Labute approximate surface area is 221 Å². The summed E-state index contributed by atoms with van der Waals surface area (Å²) in [5.74, 6) is -1.04. The van der Waals surface area contributed by atoms with Gasteiger partial charge in [-0.3, -0.25) is 4.79 Å². The third-order valence-electron chi connectivity index (χ3n) is 6.66. The van der Waals surface area contributed by atoms with Crippen molar-refractivity contribution in [2.24, 2.45) is 0 Å². The summed E-state index contributed by atoms with van der Waals surface area (Å²) in [4.78, 5) is 26.7. The first-order valence-electron chi connectivity index (χ1n) is 12.5. The zero-order valence-electron chi connectivity index (χ0n) is 21.2. The maximum atomic E-state index is 13.6. The molecule has 0 saturated carbocycles. The first kappa shape index (κ1) is 25.0. The Hall–Kier alpha value is -4.68. The first-order chi connectivity index (χ1) is 18.5. The van der Waals surface area contributed by atoms with Crippen LogP contribution in [0.4, 0.5) is 5.69 Å². The summed E-state index contributed by atoms with van der Waals surface area (Å²) in [5, 5.41) is 16.2. The highest BCUT2D eigenvalue weighted by molar-refractivity contribution is 6.05. The molecule has 2 N–H and O–H groups in total. The van der Waals surface area contributed by atoms with E-state index in [1.165, 1.54) is 0 Å². The second-order valence-electron chi connectivity index (χ2n) is 8.96. The van der Waals surface area contributed by atoms with Gasteiger partial charge in [0.1, 0.15) is 0 Å². The van der Waals surface area contributed by atoms with E-state index in [0.29, 0.717) is 28.2 Å². The van der Waals surface area contributed by atoms with Crippen LogP contribution < -0.4 is 5.32 Å². The van der Waals surface area contributed by atoms with Crippen molar-refractivity contribution in [1.29, 1.82) is 0 Å². The van der Waals surface area contributed by atoms with Gasteiger partial charge in [0, 0.05) is 16.5 Å². The summed E-state index contributed by atoms with van der Waals surface area (Å²) in [6, 6.07) is 32.8. The number of amides is 1. The minimum absolute atomic E-state index is 0.108. The van der Waals surface area contributed by atoms with E-state index in [9.17, 15) is 14.7 Å². The third-order valence-corrected chi connectivity index (χ3v) is 6.66. The van der Waals surface area contributed by atoms with E-state index in [1.807, 2.05) is 66.1 Å². The number of rotatable bonds is 7. The molecule has 0 aliphatic heterocycles. The number of nitrogens with one attached hydrogen (secondary N) is 1. The molecule has 6 heteroatoms. The molecule has 0 saturated heterocycles. The van der Waals surface area contributed by atoms with Crippen LogP contribution >= 0.6 is 0 Å². The van der Waals surface area contributed by atoms with E-state index in [0.717, 1.165) is 16.5 Å². The minimum atomic E-state index is -2.11. The van der Waals surface area contributed by atoms with Crippen LogP contribution in [0.25, 0.3) is 16.6 Å². The van der Waals surface area contributed by atoms with Crippen LogP contribution in [-0.2, 0) is 15.1 Å². The SMILES string of the molecule is CCOC(=O)C(O)(c1ccccc1)c1c(C)c2ccccc2n1-c1ccccc1NC(=O)c1ccccc1. The molecule has 0 spiro atoms. The summed E-state index contributed by atoms with van der Waals surface area (Å²) in [5.41, 5.74) is 1.78. The maximum Gasteiger partial charge on any atom is 0.349 e. The lowest BCUT2D eigenvalue weighted by Crippen LogP contribution is -2.41. The molecule has 0 fully saturated rings. The molecule has 1 atom stereocenters. The first-order valence-corrected chi connectivity index (χ1v) is 12.5. The number of esters is 1. The Morgan fingerprint density at radius 1 is 0.842 bits per heavy atom. The fourth-order valence-corrected chi connectivity index (χ4v) is 4.91. The van der Waals surface area contributed by atoms with Gasteiger partial charge in [0.25, 0.3) is 5.91 Å². The van der Waals surface area contributed by atoms with Crippen LogP contribution in [0.15, 0.2) is 109 Å². The van der Waals surface area contributed by atoms with Crippen LogP contribution in [0.1, 0.15) is 34.1 Å². The average molecular weight is 505 g/mol. The predicted octanol–water partition coefficient (Wildman–Crippen LogP) is 5.99. The molecule has 5 rings (SSSR count). The Balaban J connectivity index is 1.79. The summed E-state index contributed by atoms with van der Waals surface area (Å²) in [6.07, 6.45) is 0. The number of aryl methyl sites for hydroxylation is 1. The quantitative estimate of drug-likeness (QED) is 0.267. The molecular weight excluding hydrogens is 476 g/mol. The Morgan fingerprint density at radius 3 is 2.16 bits per heavy atom. The topological polar surface area (TPSA) is 80.6 Å². The molecule has 1 unspecified atom stereocenters. The van der Waals surface area contributed by atoms with E-state index in [1.54, 1.807) is 61.5 Å². The molecule has 0 aliphatic rings. The number of benzene rings is 4. The summed E-state index contributed by atoms with van der Waals surface area (Å²) < 4.78 is 7.28. The lowest BCUT2D eigenvalue weighted by Gasteiger charge is -2.29. The number of fused-ring (bicyclic) bond motifs is 1. The van der Waals surface area contributed by atoms with Gasteiger partial charge in [-0.1, -0.05) is 78.9 Å². The number of nitrogens with zero attached hydrogens (tertiary/aromatic N) is 1. The monoisotopic (exact) mass is 504 g/mol. The van der Waals surface area contributed by atoms with Crippen molar-refractivity contribution in [2.75, 3.05) is 11.9 Å². The van der Waals surface area contributed by atoms with Gasteiger partial charge in [0.05, 0.1) is 29.2 Å². The van der Waals surface area contributed by atoms with Gasteiger partial charge in [-0.15, -0.1) is 0 Å². The summed E-state index contributed by atoms with van der Waals surface area (Å²) in [6.45, 7) is 3.70. The lowest BCUT2D eigenvalue weighted by molar-refractivity contribution is -0.162. The van der Waals surface area contributed by atoms with E-state index in [2.05, 4.69) is 5.32 Å². The molecule has 1 amide bonds. The zero-order chi connectivity index (χ0) is 26.7. The number of anilines is 1. The van der Waals surface area contributed by atoms with Crippen LogP contribution in [-0.4, -0.2) is 28.2 Å². The van der Waals surface area contributed by atoms with Crippen molar-refractivity contribution in [2.45, 2.75) is 19.4 Å². The molecule has 0 aliphatic carbocycles. The van der Waals surface area contributed by atoms with E-state index >= 15 is 0 Å². The second-order valence-corrected chi connectivity index (χ2v) is 8.96. The molecule has 4 aromatic carbocycles. The van der Waals surface area contributed by atoms with Crippen molar-refractivity contribution < 1.29 is 19.4 Å². The van der Waals surface area contributed by atoms with Crippen molar-refractivity contribution in [3.8, 4) is 5.69 Å². The number of para-hydroxylation sites is 3. The highest BCUT2D eigenvalue weighted by Crippen LogP contribution is 2.41. The van der Waals surface area contributed by atoms with Crippen LogP contribution in [0.2, 0.25) is 0 Å². The Kier molecular flexibility index (Phi) is 6.81. The van der Waals surface area contributed by atoms with E-state index in [4.69, 9.17) is 4.74 Å². The number of aromatic nitrogens is 1. The largest absolute Gasteiger partial charge is 0.463 e. The van der Waals surface area contributed by atoms with Crippen molar-refractivity contribution in [3.63, 3.8) is 0 Å². The van der Waals surface area contributed by atoms with Gasteiger partial charge in [0.15, 0.2) is 0 Å². The number of ether oxygens (including phenoxy) is 1. The molecule has 0 bridgehead atoms. The third kappa shape index (κ3) is 4.25. The lowest BCUT2D eigenvalue weighted by atomic mass is 9.87. The van der Waals surface area contributed by atoms with Crippen LogP contribution in [0.5, 0.6) is 0 Å². The van der Waals surface area contributed by atoms with Crippen molar-refractivity contribution in [3.05, 3.63) is 132 Å². The number of hydrogen-bond acceptors (Lipinski definition) is 4. The second kappa shape index (κ2) is 10.4. The van der Waals surface area contributed by atoms with Gasteiger partial charge in [-0.05, 0) is 49.7 Å². The zero-order valence-corrected chi connectivity index (χ0v) is 21.2. The van der Waals surface area contributed by atoms with Crippen molar-refractivity contribution >= 4 is 28.5 Å². The van der Waals surface area contributed by atoms with Gasteiger partial charge in [-0.2, -0.15) is 0 Å². The molecular formula is C32H28N2O4. The number of aliphatic hydroxyl groups is 1. The Morgan fingerprint density at radius 2 is 1.45 bits per heavy atom. The van der Waals surface area contributed by atoms with Gasteiger partial charge in [-0.25, -0.2) is 4.79 Å². The van der Waals surface area contributed by atoms with Gasteiger partial charge in [0.2, 0.25) is 5.60 Å². The molecule has 190 valence electrons.